The van der Waals surface area contributed by atoms with Crippen molar-refractivity contribution in [2.45, 2.75) is 17.9 Å². The molecule has 1 aliphatic heterocycles. The molecule has 1 aromatic carbocycles. The SMILES string of the molecule is CSc1ccc2cc3c([n+]([O-])c2c1)CCNC3. The molecular formula is C13H14N2OS. The van der Waals surface area contributed by atoms with Crippen LogP contribution in [-0.2, 0) is 13.0 Å². The number of nitrogens with zero attached hydrogens (tertiary/aromatic N) is 1. The fraction of sp³-hybridized carbons (Fsp3) is 0.308. The van der Waals surface area contributed by atoms with Crippen molar-refractivity contribution in [3.8, 4) is 0 Å². The Labute approximate surface area is 104 Å². The third-order valence-electron chi connectivity index (χ3n) is 3.26. The predicted octanol–water partition coefficient (Wildman–Crippen LogP) is 1.84. The summed E-state index contributed by atoms with van der Waals surface area (Å²) in [6.07, 6.45) is 2.84. The Balaban J connectivity index is 2.28. The zero-order valence-electron chi connectivity index (χ0n) is 9.69. The van der Waals surface area contributed by atoms with Crippen LogP contribution in [0.5, 0.6) is 0 Å². The monoisotopic (exact) mass is 246 g/mol. The van der Waals surface area contributed by atoms with Gasteiger partial charge in [-0.3, -0.25) is 0 Å². The molecule has 2 heterocycles. The first kappa shape index (κ1) is 10.9. The van der Waals surface area contributed by atoms with Gasteiger partial charge in [0.25, 0.3) is 0 Å². The highest BCUT2D eigenvalue weighted by atomic mass is 32.2. The topological polar surface area (TPSA) is 39.0 Å². The fourth-order valence-corrected chi connectivity index (χ4v) is 2.77. The first-order valence-electron chi connectivity index (χ1n) is 5.72. The molecule has 1 aromatic heterocycles. The maximum absolute atomic E-state index is 12.3. The highest BCUT2D eigenvalue weighted by Crippen LogP contribution is 2.22. The second kappa shape index (κ2) is 4.20. The number of aromatic nitrogens is 1. The van der Waals surface area contributed by atoms with Gasteiger partial charge in [-0.2, -0.15) is 4.73 Å². The number of thioether (sulfide) groups is 1. The van der Waals surface area contributed by atoms with Crippen molar-refractivity contribution in [2.24, 2.45) is 0 Å². The number of benzene rings is 1. The van der Waals surface area contributed by atoms with Crippen LogP contribution in [0.2, 0.25) is 0 Å². The van der Waals surface area contributed by atoms with Gasteiger partial charge in [-0.1, -0.05) is 0 Å². The van der Waals surface area contributed by atoms with Crippen LogP contribution >= 0.6 is 11.8 Å². The Bertz CT molecular complexity index is 583. The molecule has 2 aromatic rings. The molecule has 4 heteroatoms. The van der Waals surface area contributed by atoms with Crippen LogP contribution in [0.1, 0.15) is 11.3 Å². The third kappa shape index (κ3) is 1.77. The van der Waals surface area contributed by atoms with Crippen LogP contribution in [0.4, 0.5) is 0 Å². The van der Waals surface area contributed by atoms with Gasteiger partial charge in [0.1, 0.15) is 0 Å². The molecule has 0 atom stereocenters. The molecule has 0 saturated heterocycles. The van der Waals surface area contributed by atoms with E-state index >= 15 is 0 Å². The van der Waals surface area contributed by atoms with E-state index in [1.807, 2.05) is 18.4 Å². The maximum atomic E-state index is 12.3. The van der Waals surface area contributed by atoms with Crippen LogP contribution in [-0.4, -0.2) is 12.8 Å². The summed E-state index contributed by atoms with van der Waals surface area (Å²) in [5, 5.41) is 16.6. The zero-order valence-corrected chi connectivity index (χ0v) is 10.5. The first-order chi connectivity index (χ1) is 8.29. The van der Waals surface area contributed by atoms with E-state index in [-0.39, 0.29) is 0 Å². The van der Waals surface area contributed by atoms with E-state index in [4.69, 9.17) is 0 Å². The van der Waals surface area contributed by atoms with Gasteiger partial charge in [-0.05, 0) is 24.5 Å². The maximum Gasteiger partial charge on any atom is 0.225 e. The van der Waals surface area contributed by atoms with Crippen molar-refractivity contribution >= 4 is 22.7 Å². The minimum absolute atomic E-state index is 0.789. The quantitative estimate of drug-likeness (QED) is 0.474. The van der Waals surface area contributed by atoms with E-state index in [2.05, 4.69) is 17.4 Å². The fourth-order valence-electron chi connectivity index (χ4n) is 2.34. The minimum atomic E-state index is 0.789. The van der Waals surface area contributed by atoms with Gasteiger partial charge in [0.15, 0.2) is 5.69 Å². The predicted molar refractivity (Wildman–Crippen MR) is 70.1 cm³/mol. The number of fused-ring (bicyclic) bond motifs is 2. The summed E-state index contributed by atoms with van der Waals surface area (Å²) in [4.78, 5) is 1.14. The lowest BCUT2D eigenvalue weighted by molar-refractivity contribution is -0.586. The summed E-state index contributed by atoms with van der Waals surface area (Å²) in [6.45, 7) is 1.70. The Morgan fingerprint density at radius 2 is 2.24 bits per heavy atom. The Hall–Kier alpha value is -1.26. The molecule has 0 bridgehead atoms. The van der Waals surface area contributed by atoms with Crippen molar-refractivity contribution in [3.63, 3.8) is 0 Å². The molecule has 3 rings (SSSR count). The smallest absolute Gasteiger partial charge is 0.225 e. The molecule has 88 valence electrons. The Morgan fingerprint density at radius 1 is 1.35 bits per heavy atom. The van der Waals surface area contributed by atoms with E-state index < -0.39 is 0 Å². The first-order valence-corrected chi connectivity index (χ1v) is 6.95. The largest absolute Gasteiger partial charge is 0.618 e. The molecule has 17 heavy (non-hydrogen) atoms. The van der Waals surface area contributed by atoms with Gasteiger partial charge in [-0.25, -0.2) is 0 Å². The third-order valence-corrected chi connectivity index (χ3v) is 3.98. The van der Waals surface area contributed by atoms with Crippen LogP contribution < -0.4 is 10.0 Å². The van der Waals surface area contributed by atoms with E-state index in [1.54, 1.807) is 11.8 Å². The summed E-state index contributed by atoms with van der Waals surface area (Å²) in [5.41, 5.74) is 2.85. The van der Waals surface area contributed by atoms with Crippen LogP contribution in [0.25, 0.3) is 10.9 Å². The summed E-state index contributed by atoms with van der Waals surface area (Å²) in [7, 11) is 0. The average molecular weight is 246 g/mol. The van der Waals surface area contributed by atoms with Crippen molar-refractivity contribution in [3.05, 3.63) is 40.7 Å². The number of rotatable bonds is 1. The average Bonchev–Trinajstić information content (AvgIpc) is 2.39. The second-order valence-corrected chi connectivity index (χ2v) is 5.14. The molecular weight excluding hydrogens is 232 g/mol. The van der Waals surface area contributed by atoms with Crippen LogP contribution in [0, 0.1) is 5.21 Å². The van der Waals surface area contributed by atoms with Crippen molar-refractivity contribution in [1.82, 2.24) is 5.32 Å². The van der Waals surface area contributed by atoms with Crippen molar-refractivity contribution < 1.29 is 4.73 Å². The number of hydrogen-bond acceptors (Lipinski definition) is 3. The summed E-state index contributed by atoms with van der Waals surface area (Å²) >= 11 is 1.67. The van der Waals surface area contributed by atoms with E-state index in [1.165, 1.54) is 0 Å². The van der Waals surface area contributed by atoms with Gasteiger partial charge < -0.3 is 10.5 Å². The normalized spacial score (nSPS) is 14.9. The lowest BCUT2D eigenvalue weighted by Crippen LogP contribution is -2.39. The zero-order chi connectivity index (χ0) is 11.8. The summed E-state index contributed by atoms with van der Waals surface area (Å²) in [5.74, 6) is 0. The van der Waals surface area contributed by atoms with Gasteiger partial charge in [0.05, 0.1) is 0 Å². The molecule has 0 fully saturated rings. The minimum Gasteiger partial charge on any atom is -0.618 e. The molecule has 1 N–H and O–H groups in total. The van der Waals surface area contributed by atoms with Crippen molar-refractivity contribution in [2.75, 3.05) is 12.8 Å². The number of nitrogens with one attached hydrogen (secondary N) is 1. The second-order valence-electron chi connectivity index (χ2n) is 4.26. The highest BCUT2D eigenvalue weighted by molar-refractivity contribution is 7.98. The molecule has 0 saturated carbocycles. The highest BCUT2D eigenvalue weighted by Gasteiger charge is 2.20. The Kier molecular flexibility index (Phi) is 2.68. The lowest BCUT2D eigenvalue weighted by Gasteiger charge is -2.17. The van der Waals surface area contributed by atoms with Crippen molar-refractivity contribution in [1.29, 1.82) is 0 Å². The van der Waals surface area contributed by atoms with Crippen LogP contribution in [0.15, 0.2) is 29.2 Å². The van der Waals surface area contributed by atoms with Gasteiger partial charge >= 0.3 is 0 Å². The molecule has 0 radical (unpaired) electrons. The van der Waals surface area contributed by atoms with E-state index in [9.17, 15) is 5.21 Å². The van der Waals surface area contributed by atoms with Crippen LogP contribution in [0.3, 0.4) is 0 Å². The van der Waals surface area contributed by atoms with E-state index in [0.29, 0.717) is 0 Å². The summed E-state index contributed by atoms with van der Waals surface area (Å²) in [6, 6.07) is 8.21. The standard InChI is InChI=1S/C13H14N2OS/c1-17-11-3-2-9-6-10-8-14-5-4-12(10)15(16)13(9)7-11/h2-3,6-7,14H,4-5,8H2,1H3. The molecule has 0 unspecified atom stereocenters. The molecule has 0 aliphatic carbocycles. The number of pyridine rings is 1. The molecule has 0 amide bonds. The van der Waals surface area contributed by atoms with Gasteiger partial charge in [-0.15, -0.1) is 11.8 Å². The van der Waals surface area contributed by atoms with E-state index in [0.717, 1.165) is 51.3 Å². The number of hydrogen-bond donors (Lipinski definition) is 1. The molecule has 0 spiro atoms. The Morgan fingerprint density at radius 3 is 3.06 bits per heavy atom. The van der Waals surface area contributed by atoms with Gasteiger partial charge in [0.2, 0.25) is 5.52 Å². The summed E-state index contributed by atoms with van der Waals surface area (Å²) < 4.78 is 1.12. The molecule has 1 aliphatic rings. The molecule has 3 nitrogen and oxygen atoms in total. The van der Waals surface area contributed by atoms with Gasteiger partial charge in [0, 0.05) is 41.4 Å². The lowest BCUT2D eigenvalue weighted by atomic mass is 10.0.